The second-order valence-corrected chi connectivity index (χ2v) is 6.73. The summed E-state index contributed by atoms with van der Waals surface area (Å²) in [5.41, 5.74) is 6.84. The zero-order chi connectivity index (χ0) is 15.0. The van der Waals surface area contributed by atoms with Gasteiger partial charge in [0.2, 0.25) is 9.84 Å². The minimum Gasteiger partial charge on any atom is -0.428 e. The lowest BCUT2D eigenvalue weighted by Gasteiger charge is -2.12. The van der Waals surface area contributed by atoms with E-state index in [1.54, 1.807) is 12.1 Å². The summed E-state index contributed by atoms with van der Waals surface area (Å²) in [7, 11) is -3.69. The Hall–Kier alpha value is -2.29. The van der Waals surface area contributed by atoms with Crippen molar-refractivity contribution >= 4 is 32.7 Å². The van der Waals surface area contributed by atoms with Crippen molar-refractivity contribution in [1.82, 2.24) is 15.2 Å². The first-order valence-corrected chi connectivity index (χ1v) is 8.02. The predicted molar refractivity (Wildman–Crippen MR) is 75.4 cm³/mol. The van der Waals surface area contributed by atoms with E-state index in [2.05, 4.69) is 10.3 Å². The highest BCUT2D eigenvalue weighted by Gasteiger charge is 2.26. The maximum absolute atomic E-state index is 12.2. The van der Waals surface area contributed by atoms with Crippen LogP contribution in [-0.2, 0) is 9.84 Å². The van der Waals surface area contributed by atoms with Crippen molar-refractivity contribution in [2.24, 2.45) is 0 Å². The van der Waals surface area contributed by atoms with E-state index in [9.17, 15) is 13.2 Å². The number of carbonyl (C=O) groups is 1. The van der Waals surface area contributed by atoms with Gasteiger partial charge in [-0.2, -0.15) is 4.98 Å². The van der Waals surface area contributed by atoms with Crippen molar-refractivity contribution in [2.75, 3.05) is 31.1 Å². The SMILES string of the molecule is Nc1ccc2nc(S(=O)(=O)CCN3CCNC3=O)oc2c1. The molecule has 9 heteroatoms. The molecule has 3 N–H and O–H groups in total. The summed E-state index contributed by atoms with van der Waals surface area (Å²) in [6.07, 6.45) is 0. The van der Waals surface area contributed by atoms with Crippen LogP contribution in [0.4, 0.5) is 10.5 Å². The van der Waals surface area contributed by atoms with E-state index in [4.69, 9.17) is 10.2 Å². The minimum atomic E-state index is -3.69. The number of nitrogen functional groups attached to an aromatic ring is 1. The van der Waals surface area contributed by atoms with E-state index in [-0.39, 0.29) is 23.6 Å². The molecule has 2 aromatic rings. The standard InChI is InChI=1S/C12H14N4O4S/c13-8-1-2-9-10(7-8)20-12(15-9)21(18,19)6-5-16-4-3-14-11(16)17/h1-2,7H,3-6,13H2,(H,14,17). The molecule has 0 aliphatic carbocycles. The van der Waals surface area contributed by atoms with E-state index < -0.39 is 9.84 Å². The summed E-state index contributed by atoms with van der Waals surface area (Å²) < 4.78 is 29.7. The quantitative estimate of drug-likeness (QED) is 0.779. The molecule has 1 saturated heterocycles. The highest BCUT2D eigenvalue weighted by molar-refractivity contribution is 7.91. The summed E-state index contributed by atoms with van der Waals surface area (Å²) in [5.74, 6) is -0.233. The summed E-state index contributed by atoms with van der Waals surface area (Å²) >= 11 is 0. The number of fused-ring (bicyclic) bond motifs is 1. The molecule has 1 fully saturated rings. The number of nitrogens with two attached hydrogens (primary N) is 1. The van der Waals surface area contributed by atoms with Crippen LogP contribution >= 0.6 is 0 Å². The number of carbonyl (C=O) groups excluding carboxylic acids is 1. The maximum Gasteiger partial charge on any atom is 0.317 e. The Morgan fingerprint density at radius 2 is 2.24 bits per heavy atom. The van der Waals surface area contributed by atoms with Crippen molar-refractivity contribution < 1.29 is 17.6 Å². The van der Waals surface area contributed by atoms with Gasteiger partial charge in [0.05, 0.1) is 5.75 Å². The van der Waals surface area contributed by atoms with Crippen LogP contribution in [0.25, 0.3) is 11.1 Å². The van der Waals surface area contributed by atoms with Crippen LogP contribution in [0, 0.1) is 0 Å². The molecule has 1 aromatic carbocycles. The minimum absolute atomic E-state index is 0.106. The fourth-order valence-electron chi connectivity index (χ4n) is 2.10. The van der Waals surface area contributed by atoms with Crippen LogP contribution in [-0.4, -0.2) is 49.7 Å². The zero-order valence-corrected chi connectivity index (χ0v) is 11.9. The molecular formula is C12H14N4O4S. The normalized spacial score (nSPS) is 15.6. The molecule has 1 aliphatic heterocycles. The summed E-state index contributed by atoms with van der Waals surface area (Å²) in [6.45, 7) is 1.13. The number of urea groups is 1. The van der Waals surface area contributed by atoms with E-state index in [1.807, 2.05) is 0 Å². The van der Waals surface area contributed by atoms with Crippen molar-refractivity contribution in [3.63, 3.8) is 0 Å². The van der Waals surface area contributed by atoms with Gasteiger partial charge in [-0.15, -0.1) is 0 Å². The van der Waals surface area contributed by atoms with Gasteiger partial charge in [-0.1, -0.05) is 0 Å². The molecule has 0 bridgehead atoms. The van der Waals surface area contributed by atoms with Crippen LogP contribution in [0.1, 0.15) is 0 Å². The number of rotatable bonds is 4. The van der Waals surface area contributed by atoms with E-state index >= 15 is 0 Å². The third-order valence-corrected chi connectivity index (χ3v) is 4.66. The molecule has 1 aliphatic rings. The Kier molecular flexibility index (Phi) is 3.20. The van der Waals surface area contributed by atoms with Gasteiger partial charge < -0.3 is 20.4 Å². The monoisotopic (exact) mass is 310 g/mol. The molecule has 3 rings (SSSR count). The number of amides is 2. The maximum atomic E-state index is 12.2. The number of nitrogens with one attached hydrogen (secondary N) is 1. The molecule has 0 saturated carbocycles. The van der Waals surface area contributed by atoms with Crippen LogP contribution in [0.2, 0.25) is 0 Å². The Morgan fingerprint density at radius 1 is 1.43 bits per heavy atom. The lowest BCUT2D eigenvalue weighted by Crippen LogP contribution is -2.32. The lowest BCUT2D eigenvalue weighted by atomic mass is 10.3. The molecule has 1 aromatic heterocycles. The number of aromatic nitrogens is 1. The molecule has 0 unspecified atom stereocenters. The van der Waals surface area contributed by atoms with E-state index in [1.165, 1.54) is 11.0 Å². The number of sulfone groups is 1. The average molecular weight is 310 g/mol. The smallest absolute Gasteiger partial charge is 0.317 e. The van der Waals surface area contributed by atoms with Crippen molar-refractivity contribution in [3.05, 3.63) is 18.2 Å². The Bertz CT molecular complexity index is 799. The lowest BCUT2D eigenvalue weighted by molar-refractivity contribution is 0.220. The van der Waals surface area contributed by atoms with Crippen LogP contribution in [0.5, 0.6) is 0 Å². The second kappa shape index (κ2) is 4.92. The largest absolute Gasteiger partial charge is 0.428 e. The highest BCUT2D eigenvalue weighted by atomic mass is 32.2. The van der Waals surface area contributed by atoms with Gasteiger partial charge in [0, 0.05) is 31.4 Å². The first kappa shape index (κ1) is 13.7. The third-order valence-electron chi connectivity index (χ3n) is 3.23. The first-order chi connectivity index (χ1) is 9.95. The number of anilines is 1. The van der Waals surface area contributed by atoms with Crippen LogP contribution in [0.15, 0.2) is 27.8 Å². The van der Waals surface area contributed by atoms with Gasteiger partial charge in [0.15, 0.2) is 5.58 Å². The number of hydrogen-bond acceptors (Lipinski definition) is 6. The number of benzene rings is 1. The molecule has 0 radical (unpaired) electrons. The average Bonchev–Trinajstić information content (AvgIpc) is 3.02. The van der Waals surface area contributed by atoms with Gasteiger partial charge in [0.25, 0.3) is 0 Å². The van der Waals surface area contributed by atoms with Gasteiger partial charge in [-0.25, -0.2) is 13.2 Å². The number of nitrogens with zero attached hydrogens (tertiary/aromatic N) is 2. The number of hydrogen-bond donors (Lipinski definition) is 2. The summed E-state index contributed by atoms with van der Waals surface area (Å²) in [6, 6.07) is 4.49. The highest BCUT2D eigenvalue weighted by Crippen LogP contribution is 2.21. The first-order valence-electron chi connectivity index (χ1n) is 6.37. The molecular weight excluding hydrogens is 296 g/mol. The molecule has 2 amide bonds. The third kappa shape index (κ3) is 2.64. The zero-order valence-electron chi connectivity index (χ0n) is 11.1. The fourth-order valence-corrected chi connectivity index (χ4v) is 3.18. The second-order valence-electron chi connectivity index (χ2n) is 4.74. The Balaban J connectivity index is 1.81. The van der Waals surface area contributed by atoms with Crippen molar-refractivity contribution in [3.8, 4) is 0 Å². The number of oxazole rings is 1. The van der Waals surface area contributed by atoms with Crippen LogP contribution in [0.3, 0.4) is 0 Å². The molecule has 112 valence electrons. The molecule has 2 heterocycles. The van der Waals surface area contributed by atoms with Gasteiger partial charge in [0.1, 0.15) is 5.52 Å². The fraction of sp³-hybridized carbons (Fsp3) is 0.333. The summed E-state index contributed by atoms with van der Waals surface area (Å²) in [4.78, 5) is 16.8. The Labute approximate surface area is 120 Å². The summed E-state index contributed by atoms with van der Waals surface area (Å²) in [5, 5.41) is 2.27. The van der Waals surface area contributed by atoms with Gasteiger partial charge >= 0.3 is 11.3 Å². The predicted octanol–water partition coefficient (Wildman–Crippen LogP) is 0.209. The molecule has 21 heavy (non-hydrogen) atoms. The topological polar surface area (TPSA) is 119 Å². The molecule has 8 nitrogen and oxygen atoms in total. The molecule has 0 spiro atoms. The van der Waals surface area contributed by atoms with Crippen molar-refractivity contribution in [1.29, 1.82) is 0 Å². The van der Waals surface area contributed by atoms with E-state index in [0.717, 1.165) is 0 Å². The van der Waals surface area contributed by atoms with Gasteiger partial charge in [-0.3, -0.25) is 0 Å². The van der Waals surface area contributed by atoms with Crippen LogP contribution < -0.4 is 11.1 Å². The Morgan fingerprint density at radius 3 is 2.95 bits per heavy atom. The van der Waals surface area contributed by atoms with E-state index in [0.29, 0.717) is 29.9 Å². The van der Waals surface area contributed by atoms with Gasteiger partial charge in [-0.05, 0) is 12.1 Å². The van der Waals surface area contributed by atoms with Crippen molar-refractivity contribution in [2.45, 2.75) is 5.22 Å². The molecule has 0 atom stereocenters.